The van der Waals surface area contributed by atoms with Gasteiger partial charge in [-0.1, -0.05) is 26.0 Å². The minimum atomic E-state index is -0.0606. The van der Waals surface area contributed by atoms with Crippen molar-refractivity contribution in [3.8, 4) is 5.75 Å². The van der Waals surface area contributed by atoms with Crippen LogP contribution in [0, 0.1) is 6.92 Å². The average molecular weight is 498 g/mol. The van der Waals surface area contributed by atoms with E-state index in [1.54, 1.807) is 7.11 Å². The van der Waals surface area contributed by atoms with Crippen molar-refractivity contribution >= 4 is 29.9 Å². The van der Waals surface area contributed by atoms with Gasteiger partial charge in [0.1, 0.15) is 17.4 Å². The maximum absolute atomic E-state index is 5.36. The van der Waals surface area contributed by atoms with Gasteiger partial charge in [-0.3, -0.25) is 4.99 Å². The van der Waals surface area contributed by atoms with Crippen molar-refractivity contribution in [1.29, 1.82) is 0 Å². The second-order valence-corrected chi connectivity index (χ2v) is 7.68. The van der Waals surface area contributed by atoms with Crippen molar-refractivity contribution in [1.82, 2.24) is 25.4 Å². The summed E-state index contributed by atoms with van der Waals surface area (Å²) < 4.78 is 7.36. The molecule has 1 aliphatic heterocycles. The van der Waals surface area contributed by atoms with Gasteiger partial charge >= 0.3 is 0 Å². The Bertz CT molecular complexity index is 817. The van der Waals surface area contributed by atoms with Gasteiger partial charge in [0.2, 0.25) is 0 Å². The molecule has 0 radical (unpaired) electrons. The highest BCUT2D eigenvalue weighted by molar-refractivity contribution is 14.0. The molecule has 1 unspecified atom stereocenters. The molecule has 0 spiro atoms. The molecule has 0 aliphatic carbocycles. The third kappa shape index (κ3) is 5.36. The van der Waals surface area contributed by atoms with Gasteiger partial charge in [0.25, 0.3) is 0 Å². The van der Waals surface area contributed by atoms with E-state index in [1.807, 2.05) is 30.8 Å². The molecule has 154 valence electrons. The molecule has 2 aromatic rings. The van der Waals surface area contributed by atoms with Crippen LogP contribution in [0.25, 0.3) is 0 Å². The van der Waals surface area contributed by atoms with Gasteiger partial charge in [0, 0.05) is 31.5 Å². The summed E-state index contributed by atoms with van der Waals surface area (Å²) in [6.45, 7) is 7.95. The van der Waals surface area contributed by atoms with Crippen LogP contribution in [0.15, 0.2) is 29.3 Å². The first-order valence-electron chi connectivity index (χ1n) is 9.43. The van der Waals surface area contributed by atoms with Crippen molar-refractivity contribution in [2.45, 2.75) is 51.6 Å². The van der Waals surface area contributed by atoms with Crippen LogP contribution in [0.3, 0.4) is 0 Å². The van der Waals surface area contributed by atoms with E-state index >= 15 is 0 Å². The van der Waals surface area contributed by atoms with Crippen LogP contribution < -0.4 is 15.4 Å². The molecule has 7 nitrogen and oxygen atoms in total. The Kier molecular flexibility index (Phi) is 7.68. The van der Waals surface area contributed by atoms with Crippen LogP contribution in [0.4, 0.5) is 0 Å². The number of nitrogens with zero attached hydrogens (tertiary/aromatic N) is 4. The number of halogens is 1. The Morgan fingerprint density at radius 1 is 1.39 bits per heavy atom. The highest BCUT2D eigenvalue weighted by Crippen LogP contribution is 2.25. The Hall–Kier alpha value is -1.84. The van der Waals surface area contributed by atoms with Crippen LogP contribution in [0.2, 0.25) is 0 Å². The summed E-state index contributed by atoms with van der Waals surface area (Å²) in [4.78, 5) is 8.87. The Morgan fingerprint density at radius 2 is 2.18 bits per heavy atom. The van der Waals surface area contributed by atoms with E-state index in [4.69, 9.17) is 4.74 Å². The van der Waals surface area contributed by atoms with Gasteiger partial charge < -0.3 is 15.4 Å². The van der Waals surface area contributed by atoms with E-state index in [1.165, 1.54) is 5.56 Å². The molecule has 0 amide bonds. The second-order valence-electron chi connectivity index (χ2n) is 7.68. The van der Waals surface area contributed by atoms with E-state index < -0.39 is 0 Å². The van der Waals surface area contributed by atoms with E-state index in [2.05, 4.69) is 51.7 Å². The molecule has 0 fully saturated rings. The number of hydrogen-bond donors (Lipinski definition) is 2. The molecule has 1 aromatic carbocycles. The summed E-state index contributed by atoms with van der Waals surface area (Å²) in [5, 5.41) is 11.5. The second kappa shape index (κ2) is 9.58. The third-order valence-electron chi connectivity index (χ3n) is 5.08. The highest BCUT2D eigenvalue weighted by Gasteiger charge is 2.24. The fourth-order valence-electron chi connectivity index (χ4n) is 3.39. The Labute approximate surface area is 184 Å². The summed E-state index contributed by atoms with van der Waals surface area (Å²) in [6, 6.07) is 8.52. The van der Waals surface area contributed by atoms with E-state index in [0.29, 0.717) is 6.04 Å². The lowest BCUT2D eigenvalue weighted by molar-refractivity contribution is 0.390. The van der Waals surface area contributed by atoms with Crippen molar-refractivity contribution in [3.05, 3.63) is 41.5 Å². The predicted molar refractivity (Wildman–Crippen MR) is 123 cm³/mol. The summed E-state index contributed by atoms with van der Waals surface area (Å²) in [7, 11) is 3.50. The number of nitrogens with one attached hydrogen (secondary N) is 2. The van der Waals surface area contributed by atoms with Gasteiger partial charge in [0.05, 0.1) is 13.7 Å². The number of hydrogen-bond acceptors (Lipinski definition) is 4. The van der Waals surface area contributed by atoms with Gasteiger partial charge in [-0.2, -0.15) is 5.10 Å². The normalized spacial score (nSPS) is 16.8. The zero-order valence-corrected chi connectivity index (χ0v) is 19.7. The monoisotopic (exact) mass is 498 g/mol. The first-order valence-corrected chi connectivity index (χ1v) is 9.43. The Balaban J connectivity index is 0.00000280. The number of aryl methyl sites for hydroxylation is 2. The summed E-state index contributed by atoms with van der Waals surface area (Å²) in [5.41, 5.74) is 1.17. The number of methoxy groups -OCH3 is 1. The molecular weight excluding hydrogens is 467 g/mol. The fraction of sp³-hybridized carbons (Fsp3) is 0.550. The lowest BCUT2D eigenvalue weighted by Crippen LogP contribution is -2.49. The quantitative estimate of drug-likeness (QED) is 0.377. The molecule has 1 aromatic heterocycles. The van der Waals surface area contributed by atoms with Gasteiger partial charge in [-0.25, -0.2) is 9.67 Å². The largest absolute Gasteiger partial charge is 0.497 e. The maximum atomic E-state index is 5.36. The molecular formula is C20H31IN6O. The predicted octanol–water partition coefficient (Wildman–Crippen LogP) is 2.67. The lowest BCUT2D eigenvalue weighted by atomic mass is 9.84. The van der Waals surface area contributed by atoms with Crippen molar-refractivity contribution < 1.29 is 4.74 Å². The molecule has 0 saturated heterocycles. The summed E-state index contributed by atoms with van der Waals surface area (Å²) >= 11 is 0. The van der Waals surface area contributed by atoms with Crippen molar-refractivity contribution in [3.63, 3.8) is 0 Å². The fourth-order valence-corrected chi connectivity index (χ4v) is 3.39. The van der Waals surface area contributed by atoms with Gasteiger partial charge in [-0.05, 0) is 31.0 Å². The molecule has 3 rings (SSSR count). The number of ether oxygens (including phenoxy) is 1. The zero-order valence-electron chi connectivity index (χ0n) is 17.3. The van der Waals surface area contributed by atoms with Crippen LogP contribution in [0.5, 0.6) is 5.75 Å². The van der Waals surface area contributed by atoms with E-state index in [-0.39, 0.29) is 29.4 Å². The number of benzene rings is 1. The van der Waals surface area contributed by atoms with Crippen molar-refractivity contribution in [2.75, 3.05) is 20.7 Å². The van der Waals surface area contributed by atoms with Crippen LogP contribution in [-0.2, 0) is 18.4 Å². The molecule has 2 N–H and O–H groups in total. The average Bonchev–Trinajstić information content (AvgIpc) is 3.04. The number of fused-ring (bicyclic) bond motifs is 1. The minimum absolute atomic E-state index is 0. The molecule has 1 atom stereocenters. The number of aromatic nitrogens is 3. The van der Waals surface area contributed by atoms with E-state index in [0.717, 1.165) is 49.3 Å². The first-order chi connectivity index (χ1) is 12.9. The first kappa shape index (κ1) is 22.4. The van der Waals surface area contributed by atoms with Crippen molar-refractivity contribution in [2.24, 2.45) is 4.99 Å². The molecule has 0 saturated carbocycles. The number of guanidine groups is 1. The SMILES string of the molecule is CN=C(NCC(C)(C)c1cccc(OC)c1)NC1CCc2nc(C)nn2C1.I. The standard InChI is InChI=1S/C20H30N6O.HI/c1-14-23-18-10-9-16(12-26(18)25-14)24-19(21-4)22-13-20(2,3)15-7-6-8-17(11-15)27-5;/h6-8,11,16H,9-10,12-13H2,1-5H3,(H2,21,22,24);1H. The zero-order chi connectivity index (χ0) is 19.4. The van der Waals surface area contributed by atoms with Gasteiger partial charge in [0.15, 0.2) is 5.96 Å². The number of rotatable bonds is 5. The Morgan fingerprint density at radius 3 is 2.89 bits per heavy atom. The van der Waals surface area contributed by atoms with Gasteiger partial charge in [-0.15, -0.1) is 24.0 Å². The topological polar surface area (TPSA) is 76.4 Å². The molecule has 28 heavy (non-hydrogen) atoms. The molecule has 0 bridgehead atoms. The molecule has 8 heteroatoms. The summed E-state index contributed by atoms with van der Waals surface area (Å²) in [6.07, 6.45) is 1.96. The highest BCUT2D eigenvalue weighted by atomic mass is 127. The minimum Gasteiger partial charge on any atom is -0.497 e. The molecule has 2 heterocycles. The van der Waals surface area contributed by atoms with Crippen LogP contribution >= 0.6 is 24.0 Å². The maximum Gasteiger partial charge on any atom is 0.191 e. The smallest absolute Gasteiger partial charge is 0.191 e. The third-order valence-corrected chi connectivity index (χ3v) is 5.08. The number of aliphatic imine (C=N–C) groups is 1. The molecule has 1 aliphatic rings. The van der Waals surface area contributed by atoms with E-state index in [9.17, 15) is 0 Å². The lowest BCUT2D eigenvalue weighted by Gasteiger charge is -2.29. The summed E-state index contributed by atoms with van der Waals surface area (Å²) in [5.74, 6) is 3.61. The van der Waals surface area contributed by atoms with Crippen LogP contribution in [-0.4, -0.2) is 47.5 Å². The van der Waals surface area contributed by atoms with Crippen LogP contribution in [0.1, 0.15) is 37.5 Å².